The predicted molar refractivity (Wildman–Crippen MR) is 60.9 cm³/mol. The Morgan fingerprint density at radius 3 is 2.53 bits per heavy atom. The van der Waals surface area contributed by atoms with E-state index in [0.29, 0.717) is 0 Å². The van der Waals surface area contributed by atoms with E-state index in [-0.39, 0.29) is 25.3 Å². The van der Waals surface area contributed by atoms with Crippen molar-refractivity contribution in [2.75, 3.05) is 24.5 Å². The highest BCUT2D eigenvalue weighted by atomic mass is 19.2. The Morgan fingerprint density at radius 2 is 1.89 bits per heavy atom. The summed E-state index contributed by atoms with van der Waals surface area (Å²) in [5, 5.41) is 8.51. The topological polar surface area (TPSA) is 64.4 Å². The van der Waals surface area contributed by atoms with Gasteiger partial charge < -0.3 is 9.80 Å². The number of nitrogens with zero attached hydrogens (tertiary/aromatic N) is 3. The number of rotatable bonds is 2. The molecule has 98 valence electrons. The van der Waals surface area contributed by atoms with Crippen LogP contribution in [0.4, 0.5) is 14.5 Å². The molecule has 1 aliphatic rings. The van der Waals surface area contributed by atoms with Crippen molar-refractivity contribution in [1.82, 2.24) is 4.90 Å². The minimum absolute atomic E-state index is 0.119. The first-order valence-corrected chi connectivity index (χ1v) is 5.47. The number of hydrogen-bond acceptors (Lipinski definition) is 3. The van der Waals surface area contributed by atoms with Crippen molar-refractivity contribution in [2.24, 2.45) is 0 Å². The molecule has 5 nitrogen and oxygen atoms in total. The number of hydrogen-bond donors (Lipinski definition) is 0. The molecule has 7 heteroatoms. The fourth-order valence-corrected chi connectivity index (χ4v) is 1.81. The van der Waals surface area contributed by atoms with Crippen LogP contribution in [0.5, 0.6) is 0 Å². The molecule has 19 heavy (non-hydrogen) atoms. The zero-order valence-corrected chi connectivity index (χ0v) is 9.77. The fourth-order valence-electron chi connectivity index (χ4n) is 1.81. The Hall–Kier alpha value is -2.49. The lowest BCUT2D eigenvalue weighted by Crippen LogP contribution is -2.54. The molecule has 1 heterocycles. The van der Waals surface area contributed by atoms with Gasteiger partial charge in [0.25, 0.3) is 0 Å². The van der Waals surface area contributed by atoms with Gasteiger partial charge in [-0.15, -0.1) is 0 Å². The standard InChI is InChI=1S/C12H9F2N3O2/c13-9-2-1-8(7-10(9)14)17-6-5-16(4-3-15)11(18)12(17)19/h1-2,7H,4-6H2. The van der Waals surface area contributed by atoms with Crippen molar-refractivity contribution in [1.29, 1.82) is 5.26 Å². The summed E-state index contributed by atoms with van der Waals surface area (Å²) in [4.78, 5) is 25.7. The molecular weight excluding hydrogens is 256 g/mol. The zero-order valence-electron chi connectivity index (χ0n) is 9.77. The minimum Gasteiger partial charge on any atom is -0.319 e. The molecule has 0 radical (unpaired) electrons. The fraction of sp³-hybridized carbons (Fsp3) is 0.250. The molecule has 0 saturated carbocycles. The lowest BCUT2D eigenvalue weighted by Gasteiger charge is -2.32. The van der Waals surface area contributed by atoms with Crippen molar-refractivity contribution >= 4 is 17.5 Å². The Labute approximate surface area is 107 Å². The van der Waals surface area contributed by atoms with Gasteiger partial charge in [0.15, 0.2) is 11.6 Å². The van der Waals surface area contributed by atoms with Crippen molar-refractivity contribution in [3.63, 3.8) is 0 Å². The molecule has 2 amide bonds. The van der Waals surface area contributed by atoms with E-state index >= 15 is 0 Å². The van der Waals surface area contributed by atoms with Crippen molar-refractivity contribution < 1.29 is 18.4 Å². The van der Waals surface area contributed by atoms with Gasteiger partial charge in [-0.2, -0.15) is 5.26 Å². The summed E-state index contributed by atoms with van der Waals surface area (Å²) in [6.07, 6.45) is 0. The van der Waals surface area contributed by atoms with E-state index < -0.39 is 23.4 Å². The Balaban J connectivity index is 2.23. The van der Waals surface area contributed by atoms with Gasteiger partial charge >= 0.3 is 11.8 Å². The maximum atomic E-state index is 13.1. The van der Waals surface area contributed by atoms with Crippen LogP contribution >= 0.6 is 0 Å². The number of carbonyl (C=O) groups excluding carboxylic acids is 2. The first-order chi connectivity index (χ1) is 9.04. The quantitative estimate of drug-likeness (QED) is 0.583. The zero-order chi connectivity index (χ0) is 14.0. The number of piperazine rings is 1. The molecule has 0 N–H and O–H groups in total. The van der Waals surface area contributed by atoms with E-state index in [9.17, 15) is 18.4 Å². The number of amides is 2. The smallest absolute Gasteiger partial charge is 0.316 e. The van der Waals surface area contributed by atoms with Gasteiger partial charge in [-0.25, -0.2) is 8.78 Å². The van der Waals surface area contributed by atoms with Crippen LogP contribution in [-0.4, -0.2) is 36.3 Å². The summed E-state index contributed by atoms with van der Waals surface area (Å²) >= 11 is 0. The number of carbonyl (C=O) groups is 2. The summed E-state index contributed by atoms with van der Waals surface area (Å²) in [6, 6.07) is 4.76. The molecule has 1 fully saturated rings. The van der Waals surface area contributed by atoms with Gasteiger partial charge in [-0.3, -0.25) is 9.59 Å². The van der Waals surface area contributed by atoms with E-state index in [1.54, 1.807) is 6.07 Å². The third-order valence-electron chi connectivity index (χ3n) is 2.79. The van der Waals surface area contributed by atoms with E-state index in [2.05, 4.69) is 0 Å². The lowest BCUT2D eigenvalue weighted by molar-refractivity contribution is -0.145. The first kappa shape index (κ1) is 13.0. The molecule has 0 atom stereocenters. The highest BCUT2D eigenvalue weighted by Gasteiger charge is 2.33. The molecule has 1 saturated heterocycles. The van der Waals surface area contributed by atoms with Gasteiger partial charge in [-0.1, -0.05) is 0 Å². The molecular formula is C12H9F2N3O2. The normalized spacial score (nSPS) is 15.6. The highest BCUT2D eigenvalue weighted by molar-refractivity contribution is 6.41. The number of benzene rings is 1. The van der Waals surface area contributed by atoms with Crippen molar-refractivity contribution in [3.8, 4) is 6.07 Å². The number of halogens is 2. The van der Waals surface area contributed by atoms with E-state index in [1.807, 2.05) is 0 Å². The van der Waals surface area contributed by atoms with E-state index in [0.717, 1.165) is 21.9 Å². The van der Waals surface area contributed by atoms with Gasteiger partial charge in [0, 0.05) is 24.8 Å². The van der Waals surface area contributed by atoms with Crippen LogP contribution < -0.4 is 4.90 Å². The molecule has 0 bridgehead atoms. The summed E-state index contributed by atoms with van der Waals surface area (Å²) in [5.41, 5.74) is 0.119. The van der Waals surface area contributed by atoms with Crippen LogP contribution in [-0.2, 0) is 9.59 Å². The molecule has 1 aromatic carbocycles. The van der Waals surface area contributed by atoms with Crippen LogP contribution in [0.1, 0.15) is 0 Å². The van der Waals surface area contributed by atoms with Gasteiger partial charge in [-0.05, 0) is 12.1 Å². The molecule has 0 unspecified atom stereocenters. The minimum atomic E-state index is -1.09. The number of nitriles is 1. The summed E-state index contributed by atoms with van der Waals surface area (Å²) in [6.45, 7) is 0.143. The lowest BCUT2D eigenvalue weighted by atomic mass is 10.2. The average molecular weight is 265 g/mol. The van der Waals surface area contributed by atoms with Crippen LogP contribution in [0.3, 0.4) is 0 Å². The van der Waals surface area contributed by atoms with Gasteiger partial charge in [0.2, 0.25) is 0 Å². The van der Waals surface area contributed by atoms with Crippen LogP contribution in [0.2, 0.25) is 0 Å². The van der Waals surface area contributed by atoms with Gasteiger partial charge in [0.05, 0.1) is 6.07 Å². The Morgan fingerprint density at radius 1 is 1.16 bits per heavy atom. The van der Waals surface area contributed by atoms with Crippen LogP contribution in [0.15, 0.2) is 18.2 Å². The molecule has 1 aliphatic heterocycles. The highest BCUT2D eigenvalue weighted by Crippen LogP contribution is 2.20. The Bertz CT molecular complexity index is 583. The maximum Gasteiger partial charge on any atom is 0.316 e. The van der Waals surface area contributed by atoms with E-state index in [4.69, 9.17) is 5.26 Å². The Kier molecular flexibility index (Phi) is 3.42. The summed E-state index contributed by atoms with van der Waals surface area (Å²) < 4.78 is 25.9. The third-order valence-corrected chi connectivity index (χ3v) is 2.79. The first-order valence-electron chi connectivity index (χ1n) is 5.47. The molecule has 1 aromatic rings. The van der Waals surface area contributed by atoms with Gasteiger partial charge in [0.1, 0.15) is 6.54 Å². The SMILES string of the molecule is N#CCN1CCN(c2ccc(F)c(F)c2)C(=O)C1=O. The third kappa shape index (κ3) is 2.38. The monoisotopic (exact) mass is 265 g/mol. The van der Waals surface area contributed by atoms with Crippen LogP contribution in [0, 0.1) is 23.0 Å². The molecule has 0 aromatic heterocycles. The van der Waals surface area contributed by atoms with E-state index in [1.165, 1.54) is 6.07 Å². The largest absolute Gasteiger partial charge is 0.319 e. The summed E-state index contributed by atoms with van der Waals surface area (Å²) in [7, 11) is 0. The van der Waals surface area contributed by atoms with Crippen LogP contribution in [0.25, 0.3) is 0 Å². The molecule has 0 spiro atoms. The average Bonchev–Trinajstić information content (AvgIpc) is 2.39. The second kappa shape index (κ2) is 5.02. The molecule has 2 rings (SSSR count). The second-order valence-corrected chi connectivity index (χ2v) is 3.94. The van der Waals surface area contributed by atoms with Crippen molar-refractivity contribution in [3.05, 3.63) is 29.8 Å². The maximum absolute atomic E-state index is 13.1. The second-order valence-electron chi connectivity index (χ2n) is 3.94. The van der Waals surface area contributed by atoms with Crippen molar-refractivity contribution in [2.45, 2.75) is 0 Å². The summed E-state index contributed by atoms with van der Waals surface area (Å²) in [5.74, 6) is -3.78. The predicted octanol–water partition coefficient (Wildman–Crippen LogP) is 0.664. The molecule has 0 aliphatic carbocycles. The number of anilines is 1.